The van der Waals surface area contributed by atoms with E-state index in [2.05, 4.69) is 0 Å². The first kappa shape index (κ1) is 18.7. The van der Waals surface area contributed by atoms with E-state index in [1.165, 1.54) is 6.08 Å². The highest BCUT2D eigenvalue weighted by Crippen LogP contribution is 2.28. The fourth-order valence-corrected chi connectivity index (χ4v) is 3.18. The Morgan fingerprint density at radius 1 is 1.04 bits per heavy atom. The number of carbonyl (C=O) groups is 2. The van der Waals surface area contributed by atoms with Crippen LogP contribution < -0.4 is 9.47 Å². The average molecular weight is 365 g/mol. The molecule has 0 N–H and O–H groups in total. The minimum absolute atomic E-state index is 0.0775. The molecule has 1 aliphatic heterocycles. The highest BCUT2D eigenvalue weighted by molar-refractivity contribution is 6.14. The number of aryl methyl sites for hydroxylation is 1. The number of Topliss-reactive ketones (excluding diaryl/α,β-unsaturated/α-hetero) is 1. The van der Waals surface area contributed by atoms with Gasteiger partial charge in [-0.05, 0) is 30.5 Å². The number of hydrogen-bond donors (Lipinski definition) is 0. The van der Waals surface area contributed by atoms with Crippen molar-refractivity contribution in [3.8, 4) is 11.5 Å². The standard InChI is InChI=1S/C22H23NO4/c1-26-19-11-10-16(13-20(19)27-2)7-6-12-23-15-18(14-21(23)24)22(25)17-8-4-3-5-9-17/h3-5,8-11,13-14H,6-7,12,15H2,1-2H3. The third-order valence-corrected chi connectivity index (χ3v) is 4.64. The molecule has 1 heterocycles. The molecule has 0 atom stereocenters. The molecule has 27 heavy (non-hydrogen) atoms. The summed E-state index contributed by atoms with van der Waals surface area (Å²) in [5, 5.41) is 0. The zero-order chi connectivity index (χ0) is 19.2. The Balaban J connectivity index is 1.54. The maximum atomic E-state index is 12.5. The van der Waals surface area contributed by atoms with Crippen LogP contribution >= 0.6 is 0 Å². The van der Waals surface area contributed by atoms with E-state index >= 15 is 0 Å². The largest absolute Gasteiger partial charge is 0.493 e. The molecular weight excluding hydrogens is 342 g/mol. The van der Waals surface area contributed by atoms with Crippen LogP contribution in [0.2, 0.25) is 0 Å². The van der Waals surface area contributed by atoms with Crippen LogP contribution in [-0.4, -0.2) is 43.9 Å². The van der Waals surface area contributed by atoms with Crippen molar-refractivity contribution in [2.24, 2.45) is 0 Å². The topological polar surface area (TPSA) is 55.8 Å². The summed E-state index contributed by atoms with van der Waals surface area (Å²) in [6, 6.07) is 14.9. The highest BCUT2D eigenvalue weighted by atomic mass is 16.5. The van der Waals surface area contributed by atoms with Gasteiger partial charge in [0.1, 0.15) is 0 Å². The molecule has 0 spiro atoms. The molecule has 0 aromatic heterocycles. The molecule has 3 rings (SSSR count). The van der Waals surface area contributed by atoms with Gasteiger partial charge in [-0.15, -0.1) is 0 Å². The number of carbonyl (C=O) groups excluding carboxylic acids is 2. The molecule has 1 aliphatic rings. The van der Waals surface area contributed by atoms with Crippen LogP contribution in [0.5, 0.6) is 11.5 Å². The van der Waals surface area contributed by atoms with Gasteiger partial charge in [0.05, 0.1) is 20.8 Å². The molecule has 2 aromatic rings. The van der Waals surface area contributed by atoms with Gasteiger partial charge in [0.15, 0.2) is 17.3 Å². The number of hydrogen-bond acceptors (Lipinski definition) is 4. The number of ketones is 1. The molecule has 1 amide bonds. The molecule has 0 unspecified atom stereocenters. The Labute approximate surface area is 159 Å². The number of benzene rings is 2. The number of methoxy groups -OCH3 is 2. The maximum absolute atomic E-state index is 12.5. The first-order valence-corrected chi connectivity index (χ1v) is 8.92. The normalized spacial score (nSPS) is 13.5. The van der Waals surface area contributed by atoms with Crippen LogP contribution in [-0.2, 0) is 11.2 Å². The van der Waals surface area contributed by atoms with Crippen LogP contribution in [0.1, 0.15) is 22.3 Å². The van der Waals surface area contributed by atoms with Gasteiger partial charge >= 0.3 is 0 Å². The third kappa shape index (κ3) is 4.37. The van der Waals surface area contributed by atoms with Gasteiger partial charge in [0.25, 0.3) is 0 Å². The Kier molecular flexibility index (Phi) is 5.91. The molecule has 5 heteroatoms. The molecule has 0 aliphatic carbocycles. The monoisotopic (exact) mass is 365 g/mol. The van der Waals surface area contributed by atoms with Crippen LogP contribution in [0.15, 0.2) is 60.2 Å². The molecular formula is C22H23NO4. The third-order valence-electron chi connectivity index (χ3n) is 4.64. The lowest BCUT2D eigenvalue weighted by molar-refractivity contribution is -0.124. The Bertz CT molecular complexity index is 858. The second kappa shape index (κ2) is 8.54. The number of ether oxygens (including phenoxy) is 2. The van der Waals surface area contributed by atoms with Crippen molar-refractivity contribution in [1.29, 1.82) is 0 Å². The second-order valence-corrected chi connectivity index (χ2v) is 6.42. The van der Waals surface area contributed by atoms with Crippen LogP contribution in [0, 0.1) is 0 Å². The van der Waals surface area contributed by atoms with Crippen molar-refractivity contribution in [2.45, 2.75) is 12.8 Å². The highest BCUT2D eigenvalue weighted by Gasteiger charge is 2.25. The molecule has 140 valence electrons. The molecule has 5 nitrogen and oxygen atoms in total. The molecule has 0 bridgehead atoms. The van der Waals surface area contributed by atoms with Gasteiger partial charge in [-0.3, -0.25) is 9.59 Å². The molecule has 0 fully saturated rings. The summed E-state index contributed by atoms with van der Waals surface area (Å²) >= 11 is 0. The summed E-state index contributed by atoms with van der Waals surface area (Å²) in [6.45, 7) is 0.980. The van der Waals surface area contributed by atoms with Crippen molar-refractivity contribution < 1.29 is 19.1 Å². The van der Waals surface area contributed by atoms with Crippen LogP contribution in [0.25, 0.3) is 0 Å². The fraction of sp³-hybridized carbons (Fsp3) is 0.273. The first-order valence-electron chi connectivity index (χ1n) is 8.92. The zero-order valence-electron chi connectivity index (χ0n) is 15.6. The lowest BCUT2D eigenvalue weighted by atomic mass is 10.0. The summed E-state index contributed by atoms with van der Waals surface area (Å²) in [4.78, 5) is 26.4. The zero-order valence-corrected chi connectivity index (χ0v) is 15.6. The van der Waals surface area contributed by atoms with Gasteiger partial charge in [-0.25, -0.2) is 0 Å². The summed E-state index contributed by atoms with van der Waals surface area (Å²) in [5.74, 6) is 1.22. The van der Waals surface area contributed by atoms with Crippen molar-refractivity contribution in [3.63, 3.8) is 0 Å². The molecule has 0 saturated heterocycles. The van der Waals surface area contributed by atoms with E-state index in [0.29, 0.717) is 35.7 Å². The van der Waals surface area contributed by atoms with Crippen LogP contribution in [0.3, 0.4) is 0 Å². The molecule has 0 radical (unpaired) electrons. The Hall–Kier alpha value is -3.08. The van der Waals surface area contributed by atoms with Gasteiger partial charge in [-0.1, -0.05) is 36.4 Å². The van der Waals surface area contributed by atoms with Gasteiger partial charge in [-0.2, -0.15) is 0 Å². The van der Waals surface area contributed by atoms with Gasteiger partial charge < -0.3 is 14.4 Å². The van der Waals surface area contributed by atoms with E-state index in [1.807, 2.05) is 36.4 Å². The summed E-state index contributed by atoms with van der Waals surface area (Å²) in [7, 11) is 3.22. The van der Waals surface area contributed by atoms with E-state index in [-0.39, 0.29) is 11.7 Å². The van der Waals surface area contributed by atoms with E-state index in [4.69, 9.17) is 9.47 Å². The van der Waals surface area contributed by atoms with Gasteiger partial charge in [0, 0.05) is 23.8 Å². The minimum atomic E-state index is -0.0957. The SMILES string of the molecule is COc1ccc(CCCN2CC(C(=O)c3ccccc3)=CC2=O)cc1OC. The van der Waals surface area contributed by atoms with Crippen LogP contribution in [0.4, 0.5) is 0 Å². The van der Waals surface area contributed by atoms with E-state index in [1.54, 1.807) is 31.3 Å². The summed E-state index contributed by atoms with van der Waals surface area (Å²) in [5.41, 5.74) is 2.29. The number of amides is 1. The van der Waals surface area contributed by atoms with Crippen molar-refractivity contribution in [2.75, 3.05) is 27.3 Å². The van der Waals surface area contributed by atoms with E-state index in [0.717, 1.165) is 18.4 Å². The second-order valence-electron chi connectivity index (χ2n) is 6.42. The predicted octanol–water partition coefficient (Wildman–Crippen LogP) is 3.29. The number of rotatable bonds is 8. The molecule has 2 aromatic carbocycles. The Morgan fingerprint density at radius 3 is 2.48 bits per heavy atom. The Morgan fingerprint density at radius 2 is 1.78 bits per heavy atom. The smallest absolute Gasteiger partial charge is 0.247 e. The summed E-state index contributed by atoms with van der Waals surface area (Å²) < 4.78 is 10.6. The summed E-state index contributed by atoms with van der Waals surface area (Å²) in [6.07, 6.45) is 3.08. The number of nitrogens with zero attached hydrogens (tertiary/aromatic N) is 1. The fourth-order valence-electron chi connectivity index (χ4n) is 3.18. The van der Waals surface area contributed by atoms with Crippen molar-refractivity contribution in [1.82, 2.24) is 4.90 Å². The van der Waals surface area contributed by atoms with Gasteiger partial charge in [0.2, 0.25) is 5.91 Å². The maximum Gasteiger partial charge on any atom is 0.247 e. The van der Waals surface area contributed by atoms with Crippen molar-refractivity contribution >= 4 is 11.7 Å². The molecule has 0 saturated carbocycles. The lowest BCUT2D eigenvalue weighted by Gasteiger charge is -2.16. The quantitative estimate of drug-likeness (QED) is 0.674. The predicted molar refractivity (Wildman–Crippen MR) is 103 cm³/mol. The van der Waals surface area contributed by atoms with Crippen molar-refractivity contribution in [3.05, 3.63) is 71.3 Å². The van der Waals surface area contributed by atoms with E-state index in [9.17, 15) is 9.59 Å². The lowest BCUT2D eigenvalue weighted by Crippen LogP contribution is -2.28. The minimum Gasteiger partial charge on any atom is -0.493 e. The first-order chi connectivity index (χ1) is 13.1. The van der Waals surface area contributed by atoms with E-state index < -0.39 is 0 Å². The average Bonchev–Trinajstić information content (AvgIpc) is 3.08.